The van der Waals surface area contributed by atoms with Crippen LogP contribution in [0.4, 0.5) is 14.9 Å². The van der Waals surface area contributed by atoms with Crippen LogP contribution in [0.3, 0.4) is 0 Å². The molecule has 0 radical (unpaired) electrons. The molecule has 0 bridgehead atoms. The van der Waals surface area contributed by atoms with E-state index in [9.17, 15) is 9.18 Å². The molecule has 0 unspecified atom stereocenters. The molecule has 0 aliphatic carbocycles. The summed E-state index contributed by atoms with van der Waals surface area (Å²) in [5.74, 6) is -0.284. The molecular formula is C16H17FN2O. The molecular weight excluding hydrogens is 255 g/mol. The van der Waals surface area contributed by atoms with Crippen LogP contribution in [0.25, 0.3) is 0 Å². The lowest BCUT2D eigenvalue weighted by Crippen LogP contribution is -2.28. The van der Waals surface area contributed by atoms with Crippen molar-refractivity contribution in [2.45, 2.75) is 20.4 Å². The Labute approximate surface area is 117 Å². The van der Waals surface area contributed by atoms with Gasteiger partial charge in [0.05, 0.1) is 0 Å². The van der Waals surface area contributed by atoms with E-state index in [1.807, 2.05) is 32.0 Å². The minimum absolute atomic E-state index is 0.275. The molecule has 2 aromatic rings. The molecule has 0 atom stereocenters. The van der Waals surface area contributed by atoms with Gasteiger partial charge < -0.3 is 10.6 Å². The summed E-state index contributed by atoms with van der Waals surface area (Å²) in [4.78, 5) is 11.8. The molecule has 0 saturated carbocycles. The molecule has 0 spiro atoms. The number of amides is 2. The van der Waals surface area contributed by atoms with E-state index in [0.29, 0.717) is 6.54 Å². The summed E-state index contributed by atoms with van der Waals surface area (Å²) in [5.41, 5.74) is 3.81. The van der Waals surface area contributed by atoms with Crippen LogP contribution in [-0.2, 0) is 6.54 Å². The van der Waals surface area contributed by atoms with Gasteiger partial charge in [0.15, 0.2) is 0 Å². The van der Waals surface area contributed by atoms with Crippen molar-refractivity contribution in [3.8, 4) is 0 Å². The van der Waals surface area contributed by atoms with Gasteiger partial charge in [-0.3, -0.25) is 0 Å². The van der Waals surface area contributed by atoms with Gasteiger partial charge in [0.2, 0.25) is 0 Å². The highest BCUT2D eigenvalue weighted by atomic mass is 19.1. The average Bonchev–Trinajstić information content (AvgIpc) is 2.43. The van der Waals surface area contributed by atoms with Gasteiger partial charge in [-0.25, -0.2) is 9.18 Å². The van der Waals surface area contributed by atoms with E-state index < -0.39 is 0 Å². The number of anilines is 1. The van der Waals surface area contributed by atoms with Crippen LogP contribution < -0.4 is 10.6 Å². The molecule has 4 heteroatoms. The van der Waals surface area contributed by atoms with Crippen LogP contribution >= 0.6 is 0 Å². The van der Waals surface area contributed by atoms with E-state index in [1.165, 1.54) is 12.1 Å². The summed E-state index contributed by atoms with van der Waals surface area (Å²) in [6, 6.07) is 11.5. The molecule has 0 saturated heterocycles. The molecule has 2 aromatic carbocycles. The Kier molecular flexibility index (Phi) is 4.35. The fraction of sp³-hybridized carbons (Fsp3) is 0.188. The Morgan fingerprint density at radius 3 is 2.50 bits per heavy atom. The summed E-state index contributed by atoms with van der Waals surface area (Å²) >= 11 is 0. The third kappa shape index (κ3) is 3.57. The van der Waals surface area contributed by atoms with Crippen LogP contribution in [-0.4, -0.2) is 6.03 Å². The molecule has 2 N–H and O–H groups in total. The van der Waals surface area contributed by atoms with Crippen molar-refractivity contribution in [2.24, 2.45) is 0 Å². The number of rotatable bonds is 3. The largest absolute Gasteiger partial charge is 0.334 e. The SMILES string of the molecule is Cc1cccc(NC(=O)NCc2ccc(F)cc2)c1C. The lowest BCUT2D eigenvalue weighted by Gasteiger charge is -2.11. The van der Waals surface area contributed by atoms with Crippen LogP contribution in [0.1, 0.15) is 16.7 Å². The number of aryl methyl sites for hydroxylation is 1. The fourth-order valence-corrected chi connectivity index (χ4v) is 1.84. The maximum absolute atomic E-state index is 12.8. The molecule has 3 nitrogen and oxygen atoms in total. The summed E-state index contributed by atoms with van der Waals surface area (Å²) < 4.78 is 12.8. The Bertz CT molecular complexity index is 608. The second-order valence-electron chi connectivity index (χ2n) is 4.68. The zero-order valence-corrected chi connectivity index (χ0v) is 11.5. The first-order valence-corrected chi connectivity index (χ1v) is 6.42. The Morgan fingerprint density at radius 2 is 1.80 bits per heavy atom. The van der Waals surface area contributed by atoms with E-state index in [2.05, 4.69) is 10.6 Å². The van der Waals surface area contributed by atoms with Crippen molar-refractivity contribution in [3.63, 3.8) is 0 Å². The summed E-state index contributed by atoms with van der Waals surface area (Å²) in [6.45, 7) is 4.32. The van der Waals surface area contributed by atoms with Crippen LogP contribution in [0, 0.1) is 19.7 Å². The zero-order valence-electron chi connectivity index (χ0n) is 11.5. The summed E-state index contributed by atoms with van der Waals surface area (Å²) in [5, 5.41) is 5.55. The quantitative estimate of drug-likeness (QED) is 0.877. The average molecular weight is 272 g/mol. The molecule has 20 heavy (non-hydrogen) atoms. The molecule has 104 valence electrons. The lowest BCUT2D eigenvalue weighted by atomic mass is 10.1. The molecule has 2 rings (SSSR count). The van der Waals surface area contributed by atoms with Crippen LogP contribution in [0.15, 0.2) is 42.5 Å². The minimum Gasteiger partial charge on any atom is -0.334 e. The van der Waals surface area contributed by atoms with Gasteiger partial charge in [-0.2, -0.15) is 0 Å². The normalized spacial score (nSPS) is 10.2. The highest BCUT2D eigenvalue weighted by molar-refractivity contribution is 5.90. The number of nitrogens with one attached hydrogen (secondary N) is 2. The smallest absolute Gasteiger partial charge is 0.319 e. The van der Waals surface area contributed by atoms with E-state index in [4.69, 9.17) is 0 Å². The van der Waals surface area contributed by atoms with Gasteiger partial charge in [-0.1, -0.05) is 24.3 Å². The Hall–Kier alpha value is -2.36. The number of carbonyl (C=O) groups is 1. The molecule has 0 heterocycles. The van der Waals surface area contributed by atoms with Crippen LogP contribution in [0.5, 0.6) is 0 Å². The first-order valence-electron chi connectivity index (χ1n) is 6.42. The highest BCUT2D eigenvalue weighted by Gasteiger charge is 2.05. The Morgan fingerprint density at radius 1 is 1.10 bits per heavy atom. The molecule has 0 aromatic heterocycles. The number of hydrogen-bond acceptors (Lipinski definition) is 1. The predicted molar refractivity (Wildman–Crippen MR) is 78.2 cm³/mol. The number of urea groups is 1. The third-order valence-corrected chi connectivity index (χ3v) is 3.22. The highest BCUT2D eigenvalue weighted by Crippen LogP contribution is 2.17. The summed E-state index contributed by atoms with van der Waals surface area (Å²) in [6.07, 6.45) is 0. The van der Waals surface area contributed by atoms with Gasteiger partial charge in [0.1, 0.15) is 5.82 Å². The second kappa shape index (κ2) is 6.19. The van der Waals surface area contributed by atoms with E-state index in [-0.39, 0.29) is 11.8 Å². The topological polar surface area (TPSA) is 41.1 Å². The molecule has 0 aliphatic rings. The molecule has 0 fully saturated rings. The standard InChI is InChI=1S/C16H17FN2O/c1-11-4-3-5-15(12(11)2)19-16(20)18-10-13-6-8-14(17)9-7-13/h3-9H,10H2,1-2H3,(H2,18,19,20). The number of halogens is 1. The van der Waals surface area contributed by atoms with Crippen molar-refractivity contribution in [2.75, 3.05) is 5.32 Å². The lowest BCUT2D eigenvalue weighted by molar-refractivity contribution is 0.251. The predicted octanol–water partition coefficient (Wildman–Crippen LogP) is 3.76. The van der Waals surface area contributed by atoms with E-state index >= 15 is 0 Å². The molecule has 2 amide bonds. The summed E-state index contributed by atoms with van der Waals surface area (Å²) in [7, 11) is 0. The zero-order chi connectivity index (χ0) is 14.5. The van der Waals surface area contributed by atoms with Crippen molar-refractivity contribution >= 4 is 11.7 Å². The van der Waals surface area contributed by atoms with Gasteiger partial charge in [-0.15, -0.1) is 0 Å². The fourth-order valence-electron chi connectivity index (χ4n) is 1.84. The maximum atomic E-state index is 12.8. The second-order valence-corrected chi connectivity index (χ2v) is 4.68. The first-order chi connectivity index (χ1) is 9.56. The van der Waals surface area contributed by atoms with Crippen LogP contribution in [0.2, 0.25) is 0 Å². The van der Waals surface area contributed by atoms with E-state index in [0.717, 1.165) is 22.4 Å². The number of carbonyl (C=O) groups excluding carboxylic acids is 1. The molecule has 0 aliphatic heterocycles. The maximum Gasteiger partial charge on any atom is 0.319 e. The van der Waals surface area contributed by atoms with Gasteiger partial charge in [0, 0.05) is 12.2 Å². The van der Waals surface area contributed by atoms with Crippen molar-refractivity contribution in [3.05, 3.63) is 65.0 Å². The van der Waals surface area contributed by atoms with Crippen molar-refractivity contribution in [1.82, 2.24) is 5.32 Å². The first kappa shape index (κ1) is 14.1. The van der Waals surface area contributed by atoms with Crippen molar-refractivity contribution in [1.29, 1.82) is 0 Å². The van der Waals surface area contributed by atoms with E-state index in [1.54, 1.807) is 12.1 Å². The minimum atomic E-state index is -0.284. The Balaban J connectivity index is 1.92. The number of benzene rings is 2. The number of hydrogen-bond donors (Lipinski definition) is 2. The van der Waals surface area contributed by atoms with Crippen molar-refractivity contribution < 1.29 is 9.18 Å². The third-order valence-electron chi connectivity index (χ3n) is 3.22. The van der Waals surface area contributed by atoms with Gasteiger partial charge in [0.25, 0.3) is 0 Å². The van der Waals surface area contributed by atoms with Gasteiger partial charge >= 0.3 is 6.03 Å². The monoisotopic (exact) mass is 272 g/mol. The van der Waals surface area contributed by atoms with Gasteiger partial charge in [-0.05, 0) is 48.7 Å².